The molecule has 1 heterocycles. The van der Waals surface area contributed by atoms with E-state index >= 15 is 0 Å². The Labute approximate surface area is 176 Å². The van der Waals surface area contributed by atoms with Crippen molar-refractivity contribution in [3.05, 3.63) is 95.4 Å². The van der Waals surface area contributed by atoms with Crippen LogP contribution in [0.3, 0.4) is 0 Å². The first kappa shape index (κ1) is 20.2. The number of halogens is 2. The summed E-state index contributed by atoms with van der Waals surface area (Å²) in [6, 6.07) is 19.3. The Morgan fingerprint density at radius 1 is 0.867 bits per heavy atom. The third-order valence-electron chi connectivity index (χ3n) is 4.26. The molecule has 152 valence electrons. The maximum atomic E-state index is 13.3. The van der Waals surface area contributed by atoms with Crippen LogP contribution in [0.5, 0.6) is 0 Å². The molecule has 0 fully saturated rings. The zero-order valence-corrected chi connectivity index (χ0v) is 17.2. The summed E-state index contributed by atoms with van der Waals surface area (Å²) in [5.41, 5.74) is 3.07. The predicted octanol–water partition coefficient (Wildman–Crippen LogP) is 5.70. The number of benzene rings is 3. The van der Waals surface area contributed by atoms with E-state index in [-0.39, 0.29) is 5.56 Å². The lowest BCUT2D eigenvalue weighted by molar-refractivity contribution is 0.579. The van der Waals surface area contributed by atoms with Gasteiger partial charge in [0.15, 0.2) is 0 Å². The van der Waals surface area contributed by atoms with Crippen LogP contribution in [-0.4, -0.2) is 13.4 Å². The first-order valence-corrected chi connectivity index (χ1v) is 11.5. The molecule has 0 amide bonds. The van der Waals surface area contributed by atoms with Crippen LogP contribution in [0.25, 0.3) is 21.8 Å². The SMILES string of the molecule is O=S(=O)(Cc1cc(F)cc(F)c1)Nc1ccc(-c2csc(-c3ccccc3)n2)cc1. The second kappa shape index (κ2) is 8.33. The summed E-state index contributed by atoms with van der Waals surface area (Å²) in [7, 11) is -3.83. The molecule has 4 rings (SSSR count). The van der Waals surface area contributed by atoms with Crippen molar-refractivity contribution >= 4 is 27.0 Å². The Morgan fingerprint density at radius 2 is 1.53 bits per heavy atom. The van der Waals surface area contributed by atoms with E-state index in [2.05, 4.69) is 9.71 Å². The lowest BCUT2D eigenvalue weighted by atomic mass is 10.1. The molecule has 0 bridgehead atoms. The highest BCUT2D eigenvalue weighted by Crippen LogP contribution is 2.29. The van der Waals surface area contributed by atoms with E-state index in [1.165, 1.54) is 11.3 Å². The number of sulfonamides is 1. The summed E-state index contributed by atoms with van der Waals surface area (Å²) < 4.78 is 53.7. The normalized spacial score (nSPS) is 11.4. The first-order valence-electron chi connectivity index (χ1n) is 8.95. The standard InChI is InChI=1S/C22H16F2N2O2S2/c23-18-10-15(11-19(24)12-18)14-30(27,28)26-20-8-6-16(7-9-20)21-13-29-22(25-21)17-4-2-1-3-5-17/h1-13,26H,14H2. The second-order valence-corrected chi connectivity index (χ2v) is 9.20. The van der Waals surface area contributed by atoms with Gasteiger partial charge in [-0.15, -0.1) is 11.3 Å². The lowest BCUT2D eigenvalue weighted by Gasteiger charge is -2.09. The summed E-state index contributed by atoms with van der Waals surface area (Å²) >= 11 is 1.53. The molecule has 1 aromatic heterocycles. The average molecular weight is 443 g/mol. The van der Waals surface area contributed by atoms with Crippen molar-refractivity contribution in [2.75, 3.05) is 4.72 Å². The van der Waals surface area contributed by atoms with Gasteiger partial charge < -0.3 is 0 Å². The van der Waals surface area contributed by atoms with Gasteiger partial charge in [-0.2, -0.15) is 0 Å². The first-order chi connectivity index (χ1) is 14.4. The van der Waals surface area contributed by atoms with Crippen LogP contribution >= 0.6 is 11.3 Å². The largest absolute Gasteiger partial charge is 0.283 e. The molecule has 1 N–H and O–H groups in total. The molecular formula is C22H16F2N2O2S2. The molecule has 4 nitrogen and oxygen atoms in total. The van der Waals surface area contributed by atoms with Crippen molar-refractivity contribution in [2.24, 2.45) is 0 Å². The fourth-order valence-corrected chi connectivity index (χ4v) is 4.97. The Balaban J connectivity index is 1.48. The van der Waals surface area contributed by atoms with Crippen molar-refractivity contribution in [3.63, 3.8) is 0 Å². The summed E-state index contributed by atoms with van der Waals surface area (Å²) in [6.45, 7) is 0. The molecule has 30 heavy (non-hydrogen) atoms. The fraction of sp³-hybridized carbons (Fsp3) is 0.0455. The smallest absolute Gasteiger partial charge is 0.236 e. The van der Waals surface area contributed by atoms with Crippen LogP contribution in [0.4, 0.5) is 14.5 Å². The van der Waals surface area contributed by atoms with E-state index in [9.17, 15) is 17.2 Å². The Hall–Kier alpha value is -3.10. The van der Waals surface area contributed by atoms with E-state index in [0.29, 0.717) is 11.8 Å². The highest BCUT2D eigenvalue weighted by molar-refractivity contribution is 7.91. The number of nitrogens with zero attached hydrogens (tertiary/aromatic N) is 1. The lowest BCUT2D eigenvalue weighted by Crippen LogP contribution is -2.15. The van der Waals surface area contributed by atoms with Crippen LogP contribution in [0.2, 0.25) is 0 Å². The van der Waals surface area contributed by atoms with Gasteiger partial charge >= 0.3 is 0 Å². The minimum Gasteiger partial charge on any atom is -0.283 e. The molecule has 3 aromatic carbocycles. The Kier molecular flexibility index (Phi) is 5.61. The Bertz CT molecular complexity index is 1250. The summed E-state index contributed by atoms with van der Waals surface area (Å²) in [4.78, 5) is 4.64. The van der Waals surface area contributed by atoms with Crippen LogP contribution in [0, 0.1) is 11.6 Å². The number of nitrogens with one attached hydrogen (secondary N) is 1. The van der Waals surface area contributed by atoms with E-state index in [4.69, 9.17) is 0 Å². The summed E-state index contributed by atoms with van der Waals surface area (Å²) in [6.07, 6.45) is 0. The fourth-order valence-electron chi connectivity index (χ4n) is 2.96. The van der Waals surface area contributed by atoms with Crippen molar-refractivity contribution in [2.45, 2.75) is 5.75 Å². The molecule has 0 aliphatic heterocycles. The second-order valence-electron chi connectivity index (χ2n) is 6.62. The summed E-state index contributed by atoms with van der Waals surface area (Å²) in [5, 5.41) is 2.85. The van der Waals surface area contributed by atoms with E-state index in [0.717, 1.165) is 34.0 Å². The van der Waals surface area contributed by atoms with Gasteiger partial charge in [0.05, 0.1) is 11.4 Å². The molecular weight excluding hydrogens is 426 g/mol. The van der Waals surface area contributed by atoms with Crippen LogP contribution in [0.1, 0.15) is 5.56 Å². The average Bonchev–Trinajstić information content (AvgIpc) is 3.18. The monoisotopic (exact) mass is 442 g/mol. The van der Waals surface area contributed by atoms with Gasteiger partial charge in [0.1, 0.15) is 16.6 Å². The van der Waals surface area contributed by atoms with Gasteiger partial charge in [0.2, 0.25) is 10.0 Å². The van der Waals surface area contributed by atoms with Crippen LogP contribution < -0.4 is 4.72 Å². The third kappa shape index (κ3) is 4.90. The maximum absolute atomic E-state index is 13.3. The van der Waals surface area contributed by atoms with Gasteiger partial charge in [-0.05, 0) is 29.8 Å². The predicted molar refractivity (Wildman–Crippen MR) is 116 cm³/mol. The van der Waals surface area contributed by atoms with Crippen LogP contribution in [0.15, 0.2) is 78.2 Å². The highest BCUT2D eigenvalue weighted by atomic mass is 32.2. The molecule has 0 aliphatic carbocycles. The maximum Gasteiger partial charge on any atom is 0.236 e. The van der Waals surface area contributed by atoms with Gasteiger partial charge in [-0.3, -0.25) is 4.72 Å². The zero-order valence-electron chi connectivity index (χ0n) is 15.5. The number of rotatable bonds is 6. The molecule has 0 unspecified atom stereocenters. The molecule has 8 heteroatoms. The van der Waals surface area contributed by atoms with E-state index in [1.54, 1.807) is 24.3 Å². The third-order valence-corrected chi connectivity index (χ3v) is 6.41. The number of hydrogen-bond donors (Lipinski definition) is 1. The van der Waals surface area contributed by atoms with Crippen molar-refractivity contribution in [1.82, 2.24) is 4.98 Å². The number of thiazole rings is 1. The van der Waals surface area contributed by atoms with Crippen molar-refractivity contribution in [3.8, 4) is 21.8 Å². The molecule has 0 spiro atoms. The number of aromatic nitrogens is 1. The van der Waals surface area contributed by atoms with Gasteiger partial charge in [0.25, 0.3) is 0 Å². The van der Waals surface area contributed by atoms with Gasteiger partial charge in [-0.1, -0.05) is 42.5 Å². The van der Waals surface area contributed by atoms with Gasteiger partial charge in [0, 0.05) is 28.3 Å². The van der Waals surface area contributed by atoms with E-state index in [1.807, 2.05) is 35.7 Å². The van der Waals surface area contributed by atoms with Crippen LogP contribution in [-0.2, 0) is 15.8 Å². The molecule has 0 saturated carbocycles. The van der Waals surface area contributed by atoms with E-state index < -0.39 is 27.4 Å². The molecule has 0 saturated heterocycles. The zero-order chi connectivity index (χ0) is 21.1. The summed E-state index contributed by atoms with van der Waals surface area (Å²) in [5.74, 6) is -2.17. The molecule has 0 aliphatic rings. The molecule has 0 atom stereocenters. The van der Waals surface area contributed by atoms with Crippen molar-refractivity contribution in [1.29, 1.82) is 0 Å². The molecule has 4 aromatic rings. The number of anilines is 1. The minimum absolute atomic E-state index is 0.0348. The topological polar surface area (TPSA) is 59.1 Å². The highest BCUT2D eigenvalue weighted by Gasteiger charge is 2.14. The van der Waals surface area contributed by atoms with Gasteiger partial charge in [-0.25, -0.2) is 22.2 Å². The molecule has 0 radical (unpaired) electrons. The number of hydrogen-bond acceptors (Lipinski definition) is 4. The quantitative estimate of drug-likeness (QED) is 0.417. The van der Waals surface area contributed by atoms with Crippen molar-refractivity contribution < 1.29 is 17.2 Å². The Morgan fingerprint density at radius 3 is 2.20 bits per heavy atom. The minimum atomic E-state index is -3.83.